The van der Waals surface area contributed by atoms with Crippen LogP contribution in [0.1, 0.15) is 18.9 Å². The number of para-hydroxylation sites is 1. The molecule has 1 aromatic rings. The van der Waals surface area contributed by atoms with Crippen LogP contribution in [0.3, 0.4) is 0 Å². The van der Waals surface area contributed by atoms with Crippen LogP contribution in [0.25, 0.3) is 0 Å². The van der Waals surface area contributed by atoms with Crippen molar-refractivity contribution >= 4 is 12.1 Å². The van der Waals surface area contributed by atoms with Gasteiger partial charge in [-0.1, -0.05) is 18.2 Å². The fourth-order valence-corrected chi connectivity index (χ4v) is 2.59. The lowest BCUT2D eigenvalue weighted by molar-refractivity contribution is 0.0851. The van der Waals surface area contributed by atoms with Crippen LogP contribution in [0.5, 0.6) is 5.75 Å². The Morgan fingerprint density at radius 2 is 1.80 bits per heavy atom. The zero-order chi connectivity index (χ0) is 18.1. The van der Waals surface area contributed by atoms with E-state index in [-0.39, 0.29) is 12.1 Å². The number of piperazine rings is 1. The Morgan fingerprint density at radius 1 is 1.12 bits per heavy atom. The van der Waals surface area contributed by atoms with Crippen LogP contribution in [0.4, 0.5) is 9.59 Å². The third kappa shape index (κ3) is 5.85. The molecule has 1 fully saturated rings. The van der Waals surface area contributed by atoms with E-state index < -0.39 is 0 Å². The first-order chi connectivity index (χ1) is 12.1. The first-order valence-electron chi connectivity index (χ1n) is 8.74. The largest absolute Gasteiger partial charge is 0.493 e. The molecule has 1 aromatic carbocycles. The Kier molecular flexibility index (Phi) is 7.37. The fraction of sp³-hybridized carbons (Fsp3) is 0.556. The van der Waals surface area contributed by atoms with Crippen LogP contribution >= 0.6 is 0 Å². The van der Waals surface area contributed by atoms with Crippen LogP contribution in [-0.4, -0.2) is 67.9 Å². The smallest absolute Gasteiger partial charge is 0.409 e. The Balaban J connectivity index is 1.60. The molecule has 2 rings (SSSR count). The van der Waals surface area contributed by atoms with E-state index in [1.165, 1.54) is 0 Å². The number of nitrogens with zero attached hydrogens (tertiary/aromatic N) is 2. The predicted molar refractivity (Wildman–Crippen MR) is 94.9 cm³/mol. The molecule has 0 aliphatic carbocycles. The number of benzene rings is 1. The minimum atomic E-state index is -0.309. The summed E-state index contributed by atoms with van der Waals surface area (Å²) in [5, 5.41) is 2.89. The van der Waals surface area contributed by atoms with Gasteiger partial charge >= 0.3 is 12.1 Å². The standard InChI is InChI=1S/C18H27N3O4/c1-3-24-18(23)21-12-10-20(11-13-21)17(22)19-9-6-14-25-16-8-5-4-7-15(16)2/h4-5,7-8H,3,6,9-14H2,1-2H3,(H,19,22). The molecule has 1 saturated heterocycles. The average Bonchev–Trinajstić information content (AvgIpc) is 2.63. The van der Waals surface area contributed by atoms with E-state index in [0.29, 0.717) is 45.9 Å². The van der Waals surface area contributed by atoms with Crippen molar-refractivity contribution in [3.8, 4) is 5.75 Å². The zero-order valence-corrected chi connectivity index (χ0v) is 15.0. The average molecular weight is 349 g/mol. The maximum atomic E-state index is 12.1. The number of hydrogen-bond acceptors (Lipinski definition) is 4. The lowest BCUT2D eigenvalue weighted by Crippen LogP contribution is -2.53. The molecule has 7 heteroatoms. The summed E-state index contributed by atoms with van der Waals surface area (Å²) >= 11 is 0. The first-order valence-corrected chi connectivity index (χ1v) is 8.74. The second-order valence-corrected chi connectivity index (χ2v) is 5.87. The van der Waals surface area contributed by atoms with Crippen molar-refractivity contribution in [1.82, 2.24) is 15.1 Å². The van der Waals surface area contributed by atoms with Crippen LogP contribution in [0, 0.1) is 6.92 Å². The quantitative estimate of drug-likeness (QED) is 0.800. The van der Waals surface area contributed by atoms with Gasteiger partial charge in [-0.15, -0.1) is 0 Å². The van der Waals surface area contributed by atoms with Gasteiger partial charge in [-0.2, -0.15) is 0 Å². The van der Waals surface area contributed by atoms with Gasteiger partial charge in [0.15, 0.2) is 0 Å². The zero-order valence-electron chi connectivity index (χ0n) is 15.0. The van der Waals surface area contributed by atoms with E-state index >= 15 is 0 Å². The summed E-state index contributed by atoms with van der Waals surface area (Å²) in [5.74, 6) is 0.879. The van der Waals surface area contributed by atoms with E-state index in [9.17, 15) is 9.59 Å². The van der Waals surface area contributed by atoms with Crippen molar-refractivity contribution in [1.29, 1.82) is 0 Å². The highest BCUT2D eigenvalue weighted by atomic mass is 16.6. The molecule has 0 radical (unpaired) electrons. The van der Waals surface area contributed by atoms with Gasteiger partial charge in [0.05, 0.1) is 13.2 Å². The normalized spacial score (nSPS) is 14.2. The molecule has 1 heterocycles. The molecule has 1 N–H and O–H groups in total. The van der Waals surface area contributed by atoms with E-state index in [1.807, 2.05) is 31.2 Å². The summed E-state index contributed by atoms with van der Waals surface area (Å²) in [6.45, 7) is 7.31. The molecular weight excluding hydrogens is 322 g/mol. The van der Waals surface area contributed by atoms with E-state index in [2.05, 4.69) is 5.32 Å². The van der Waals surface area contributed by atoms with Crippen molar-refractivity contribution in [2.45, 2.75) is 20.3 Å². The van der Waals surface area contributed by atoms with Gasteiger partial charge in [0.1, 0.15) is 5.75 Å². The number of hydrogen-bond donors (Lipinski definition) is 1. The number of amides is 3. The molecule has 25 heavy (non-hydrogen) atoms. The number of aryl methyl sites for hydroxylation is 1. The van der Waals surface area contributed by atoms with Crippen molar-refractivity contribution in [3.63, 3.8) is 0 Å². The maximum Gasteiger partial charge on any atom is 0.409 e. The molecule has 0 saturated carbocycles. The molecule has 1 aliphatic rings. The number of carbonyl (C=O) groups is 2. The first kappa shape index (κ1) is 18.9. The number of ether oxygens (including phenoxy) is 2. The van der Waals surface area contributed by atoms with Crippen molar-refractivity contribution < 1.29 is 19.1 Å². The highest BCUT2D eigenvalue weighted by molar-refractivity contribution is 5.75. The Hall–Kier alpha value is -2.44. The number of carbonyl (C=O) groups excluding carboxylic acids is 2. The minimum Gasteiger partial charge on any atom is -0.493 e. The summed E-state index contributed by atoms with van der Waals surface area (Å²) in [6.07, 6.45) is 0.430. The fourth-order valence-electron chi connectivity index (χ4n) is 2.59. The predicted octanol–water partition coefficient (Wildman–Crippen LogP) is 2.25. The number of nitrogens with one attached hydrogen (secondary N) is 1. The molecule has 0 aromatic heterocycles. The molecular formula is C18H27N3O4. The topological polar surface area (TPSA) is 71.1 Å². The third-order valence-electron chi connectivity index (χ3n) is 4.04. The van der Waals surface area contributed by atoms with Gasteiger partial charge < -0.3 is 24.6 Å². The highest BCUT2D eigenvalue weighted by Crippen LogP contribution is 2.16. The molecule has 0 bridgehead atoms. The summed E-state index contributed by atoms with van der Waals surface area (Å²) in [5.41, 5.74) is 1.10. The van der Waals surface area contributed by atoms with Crippen LogP contribution in [0.2, 0.25) is 0 Å². The Bertz CT molecular complexity index is 571. The van der Waals surface area contributed by atoms with E-state index in [1.54, 1.807) is 16.7 Å². The summed E-state index contributed by atoms with van der Waals surface area (Å²) in [7, 11) is 0. The molecule has 0 unspecified atom stereocenters. The lowest BCUT2D eigenvalue weighted by atomic mass is 10.2. The molecule has 7 nitrogen and oxygen atoms in total. The third-order valence-corrected chi connectivity index (χ3v) is 4.04. The van der Waals surface area contributed by atoms with Gasteiger partial charge in [-0.25, -0.2) is 9.59 Å². The lowest BCUT2D eigenvalue weighted by Gasteiger charge is -2.34. The highest BCUT2D eigenvalue weighted by Gasteiger charge is 2.24. The molecule has 1 aliphatic heterocycles. The minimum absolute atomic E-state index is 0.0978. The number of urea groups is 1. The van der Waals surface area contributed by atoms with Gasteiger partial charge in [-0.05, 0) is 31.9 Å². The number of rotatable bonds is 6. The molecule has 138 valence electrons. The van der Waals surface area contributed by atoms with E-state index in [0.717, 1.165) is 17.7 Å². The Morgan fingerprint density at radius 3 is 2.48 bits per heavy atom. The molecule has 0 atom stereocenters. The van der Waals surface area contributed by atoms with Crippen molar-refractivity contribution in [2.24, 2.45) is 0 Å². The SMILES string of the molecule is CCOC(=O)N1CCN(C(=O)NCCCOc2ccccc2C)CC1. The second-order valence-electron chi connectivity index (χ2n) is 5.87. The monoisotopic (exact) mass is 349 g/mol. The molecule has 0 spiro atoms. The van der Waals surface area contributed by atoms with Crippen molar-refractivity contribution in [3.05, 3.63) is 29.8 Å². The summed E-state index contributed by atoms with van der Waals surface area (Å²) in [6, 6.07) is 7.77. The van der Waals surface area contributed by atoms with Crippen LogP contribution in [-0.2, 0) is 4.74 Å². The summed E-state index contributed by atoms with van der Waals surface area (Å²) in [4.78, 5) is 27.1. The van der Waals surface area contributed by atoms with E-state index in [4.69, 9.17) is 9.47 Å². The van der Waals surface area contributed by atoms with Gasteiger partial charge in [-0.3, -0.25) is 0 Å². The van der Waals surface area contributed by atoms with Gasteiger partial charge in [0.2, 0.25) is 0 Å². The Labute approximate surface area is 148 Å². The van der Waals surface area contributed by atoms with Crippen LogP contribution < -0.4 is 10.1 Å². The van der Waals surface area contributed by atoms with Gasteiger partial charge in [0.25, 0.3) is 0 Å². The van der Waals surface area contributed by atoms with Crippen molar-refractivity contribution in [2.75, 3.05) is 45.9 Å². The maximum absolute atomic E-state index is 12.1. The second kappa shape index (κ2) is 9.76. The molecule has 3 amide bonds. The summed E-state index contributed by atoms with van der Waals surface area (Å²) < 4.78 is 10.7. The van der Waals surface area contributed by atoms with Gasteiger partial charge in [0, 0.05) is 32.7 Å². The van der Waals surface area contributed by atoms with Crippen LogP contribution in [0.15, 0.2) is 24.3 Å².